The van der Waals surface area contributed by atoms with Gasteiger partial charge in [0.05, 0.1) is 0 Å². The molecule has 14 heavy (non-hydrogen) atoms. The number of nitrogens with one attached hydrogen (secondary N) is 1. The number of hydrogen-bond acceptors (Lipinski definition) is 2. The zero-order chi connectivity index (χ0) is 9.80. The first kappa shape index (κ1) is 8.97. The van der Waals surface area contributed by atoms with Crippen LogP contribution in [0, 0.1) is 0 Å². The SMILES string of the molecule is NCCC=Cc1cnc2[nH]ccc2c1. The van der Waals surface area contributed by atoms with Crippen LogP contribution in [0.25, 0.3) is 17.1 Å². The number of H-pyrrole nitrogens is 1. The summed E-state index contributed by atoms with van der Waals surface area (Å²) in [6, 6.07) is 4.12. The predicted octanol–water partition coefficient (Wildman–Crippen LogP) is 1.92. The van der Waals surface area contributed by atoms with Crippen LogP contribution in [-0.4, -0.2) is 16.5 Å². The number of nitrogens with zero attached hydrogens (tertiary/aromatic N) is 1. The van der Waals surface area contributed by atoms with Gasteiger partial charge in [-0.15, -0.1) is 0 Å². The molecule has 2 aromatic heterocycles. The van der Waals surface area contributed by atoms with Gasteiger partial charge in [-0.05, 0) is 30.7 Å². The molecule has 0 atom stereocenters. The second kappa shape index (κ2) is 4.07. The van der Waals surface area contributed by atoms with E-state index in [-0.39, 0.29) is 0 Å². The summed E-state index contributed by atoms with van der Waals surface area (Å²) in [5, 5.41) is 1.14. The first-order valence-corrected chi connectivity index (χ1v) is 4.70. The smallest absolute Gasteiger partial charge is 0.137 e. The van der Waals surface area contributed by atoms with Crippen LogP contribution in [0.4, 0.5) is 0 Å². The number of aromatic amines is 1. The normalized spacial score (nSPS) is 11.5. The Morgan fingerprint density at radius 1 is 1.50 bits per heavy atom. The summed E-state index contributed by atoms with van der Waals surface area (Å²) in [5.74, 6) is 0. The third-order valence-electron chi connectivity index (χ3n) is 2.06. The summed E-state index contributed by atoms with van der Waals surface area (Å²) in [7, 11) is 0. The second-order valence-electron chi connectivity index (χ2n) is 3.16. The average Bonchev–Trinajstić information content (AvgIpc) is 2.65. The van der Waals surface area contributed by atoms with Crippen molar-refractivity contribution >= 4 is 17.1 Å². The molecule has 3 nitrogen and oxygen atoms in total. The zero-order valence-electron chi connectivity index (χ0n) is 7.90. The highest BCUT2D eigenvalue weighted by molar-refractivity contribution is 5.77. The quantitative estimate of drug-likeness (QED) is 0.771. The molecule has 0 spiro atoms. The van der Waals surface area contributed by atoms with Crippen molar-refractivity contribution in [3.05, 3.63) is 36.2 Å². The van der Waals surface area contributed by atoms with Gasteiger partial charge < -0.3 is 10.7 Å². The number of hydrogen-bond donors (Lipinski definition) is 2. The van der Waals surface area contributed by atoms with E-state index in [4.69, 9.17) is 5.73 Å². The monoisotopic (exact) mass is 187 g/mol. The van der Waals surface area contributed by atoms with Crippen molar-refractivity contribution in [3.63, 3.8) is 0 Å². The van der Waals surface area contributed by atoms with Crippen molar-refractivity contribution in [1.82, 2.24) is 9.97 Å². The number of rotatable bonds is 3. The lowest BCUT2D eigenvalue weighted by Crippen LogP contribution is -1.94. The molecule has 0 aliphatic carbocycles. The molecule has 0 amide bonds. The van der Waals surface area contributed by atoms with Gasteiger partial charge in [0.1, 0.15) is 5.65 Å². The van der Waals surface area contributed by atoms with Gasteiger partial charge >= 0.3 is 0 Å². The molecule has 3 N–H and O–H groups in total. The molecule has 0 aromatic carbocycles. The number of pyridine rings is 1. The van der Waals surface area contributed by atoms with Gasteiger partial charge in [0.2, 0.25) is 0 Å². The third kappa shape index (κ3) is 1.83. The Kier molecular flexibility index (Phi) is 2.60. The summed E-state index contributed by atoms with van der Waals surface area (Å²) in [4.78, 5) is 7.34. The molecule has 3 heteroatoms. The standard InChI is InChI=1S/C11H13N3/c12-5-2-1-3-9-7-10-4-6-13-11(10)14-8-9/h1,3-4,6-8H,2,5,12H2,(H,13,14). The molecule has 0 bridgehead atoms. The summed E-state index contributed by atoms with van der Waals surface area (Å²) in [6.07, 6.45) is 8.77. The lowest BCUT2D eigenvalue weighted by atomic mass is 10.2. The Morgan fingerprint density at radius 2 is 2.43 bits per heavy atom. The molecular formula is C11H13N3. The number of fused-ring (bicyclic) bond motifs is 1. The van der Waals surface area contributed by atoms with Crippen molar-refractivity contribution in [1.29, 1.82) is 0 Å². The molecule has 0 aliphatic rings. The van der Waals surface area contributed by atoms with Crippen LogP contribution in [0.5, 0.6) is 0 Å². The first-order valence-electron chi connectivity index (χ1n) is 4.70. The van der Waals surface area contributed by atoms with Gasteiger partial charge in [-0.1, -0.05) is 12.2 Å². The van der Waals surface area contributed by atoms with Gasteiger partial charge in [0.15, 0.2) is 0 Å². The van der Waals surface area contributed by atoms with Crippen molar-refractivity contribution in [2.24, 2.45) is 5.73 Å². The van der Waals surface area contributed by atoms with Crippen molar-refractivity contribution in [3.8, 4) is 0 Å². The maximum absolute atomic E-state index is 5.39. The first-order chi connectivity index (χ1) is 6.90. The third-order valence-corrected chi connectivity index (χ3v) is 2.06. The Morgan fingerprint density at radius 3 is 3.29 bits per heavy atom. The van der Waals surface area contributed by atoms with E-state index in [1.807, 2.05) is 24.5 Å². The number of aromatic nitrogens is 2. The van der Waals surface area contributed by atoms with E-state index in [9.17, 15) is 0 Å². The zero-order valence-corrected chi connectivity index (χ0v) is 7.90. The molecule has 0 radical (unpaired) electrons. The van der Waals surface area contributed by atoms with E-state index >= 15 is 0 Å². The molecule has 72 valence electrons. The predicted molar refractivity (Wildman–Crippen MR) is 58.8 cm³/mol. The molecule has 0 aliphatic heterocycles. The van der Waals surface area contributed by atoms with Crippen molar-refractivity contribution in [2.75, 3.05) is 6.54 Å². The average molecular weight is 187 g/mol. The lowest BCUT2D eigenvalue weighted by Gasteiger charge is -1.93. The minimum atomic E-state index is 0.691. The van der Waals surface area contributed by atoms with E-state index < -0.39 is 0 Å². The fraction of sp³-hybridized carbons (Fsp3) is 0.182. The van der Waals surface area contributed by atoms with Crippen LogP contribution in [-0.2, 0) is 0 Å². The minimum absolute atomic E-state index is 0.691. The van der Waals surface area contributed by atoms with Gasteiger partial charge in [0, 0.05) is 17.8 Å². The molecule has 0 saturated carbocycles. The van der Waals surface area contributed by atoms with Crippen LogP contribution in [0.3, 0.4) is 0 Å². The van der Waals surface area contributed by atoms with Crippen LogP contribution in [0.15, 0.2) is 30.6 Å². The molecule has 2 rings (SSSR count). The van der Waals surface area contributed by atoms with Crippen molar-refractivity contribution < 1.29 is 0 Å². The molecule has 0 unspecified atom stereocenters. The second-order valence-corrected chi connectivity index (χ2v) is 3.16. The minimum Gasteiger partial charge on any atom is -0.346 e. The Hall–Kier alpha value is -1.61. The highest BCUT2D eigenvalue weighted by atomic mass is 14.8. The molecule has 0 fully saturated rings. The van der Waals surface area contributed by atoms with Gasteiger partial charge in [-0.3, -0.25) is 0 Å². The number of nitrogens with two attached hydrogens (primary N) is 1. The maximum atomic E-state index is 5.39. The Balaban J connectivity index is 2.25. The fourth-order valence-corrected chi connectivity index (χ4v) is 1.36. The maximum Gasteiger partial charge on any atom is 0.137 e. The van der Waals surface area contributed by atoms with E-state index in [2.05, 4.69) is 22.1 Å². The summed E-state index contributed by atoms with van der Waals surface area (Å²) in [5.41, 5.74) is 7.44. The summed E-state index contributed by atoms with van der Waals surface area (Å²) in [6.45, 7) is 0.691. The van der Waals surface area contributed by atoms with Gasteiger partial charge in [-0.25, -0.2) is 4.98 Å². The van der Waals surface area contributed by atoms with Crippen LogP contribution >= 0.6 is 0 Å². The van der Waals surface area contributed by atoms with E-state index in [0.29, 0.717) is 6.54 Å². The van der Waals surface area contributed by atoms with Gasteiger partial charge in [-0.2, -0.15) is 0 Å². The molecular weight excluding hydrogens is 174 g/mol. The highest BCUT2D eigenvalue weighted by Gasteiger charge is 1.94. The van der Waals surface area contributed by atoms with Crippen LogP contribution in [0.2, 0.25) is 0 Å². The largest absolute Gasteiger partial charge is 0.346 e. The molecule has 0 saturated heterocycles. The van der Waals surface area contributed by atoms with E-state index in [1.165, 1.54) is 0 Å². The Labute approximate surface area is 82.7 Å². The lowest BCUT2D eigenvalue weighted by molar-refractivity contribution is 1.01. The van der Waals surface area contributed by atoms with E-state index in [0.717, 1.165) is 23.0 Å². The van der Waals surface area contributed by atoms with E-state index in [1.54, 1.807) is 0 Å². The van der Waals surface area contributed by atoms with Crippen LogP contribution in [0.1, 0.15) is 12.0 Å². The highest BCUT2D eigenvalue weighted by Crippen LogP contribution is 2.12. The topological polar surface area (TPSA) is 54.7 Å². The van der Waals surface area contributed by atoms with Gasteiger partial charge in [0.25, 0.3) is 0 Å². The molecule has 2 aromatic rings. The Bertz CT molecular complexity index is 442. The van der Waals surface area contributed by atoms with Crippen molar-refractivity contribution in [2.45, 2.75) is 6.42 Å². The summed E-state index contributed by atoms with van der Waals surface area (Å²) < 4.78 is 0. The summed E-state index contributed by atoms with van der Waals surface area (Å²) >= 11 is 0. The molecule has 2 heterocycles. The van der Waals surface area contributed by atoms with Crippen LogP contribution < -0.4 is 5.73 Å². The fourth-order valence-electron chi connectivity index (χ4n) is 1.36.